The zero-order valence-electron chi connectivity index (χ0n) is 14.6. The molecule has 0 amide bonds. The zero-order valence-corrected chi connectivity index (χ0v) is 15.4. The van der Waals surface area contributed by atoms with Crippen LogP contribution >= 0.6 is 0 Å². The summed E-state index contributed by atoms with van der Waals surface area (Å²) in [6, 6.07) is 5.89. The number of nitrogens with one attached hydrogen (secondary N) is 1. The highest BCUT2D eigenvalue weighted by Gasteiger charge is 2.45. The van der Waals surface area contributed by atoms with Crippen LogP contribution in [0.15, 0.2) is 28.8 Å². The Balaban J connectivity index is 1.44. The quantitative estimate of drug-likeness (QED) is 0.878. The van der Waals surface area contributed by atoms with Crippen LogP contribution in [0, 0.1) is 0 Å². The SMILES string of the molecule is C[C@@H]1[C@@H](C)N(S(=O)(=O)C2CC2)CCN1Cc1ccc(-c2ccn[nH]2)o1. The van der Waals surface area contributed by atoms with Crippen molar-refractivity contribution >= 4 is 10.0 Å². The van der Waals surface area contributed by atoms with Crippen molar-refractivity contribution in [1.29, 1.82) is 0 Å². The Morgan fingerprint density at radius 1 is 1.20 bits per heavy atom. The molecule has 2 aromatic rings. The van der Waals surface area contributed by atoms with Crippen LogP contribution in [0.4, 0.5) is 0 Å². The Morgan fingerprint density at radius 3 is 2.68 bits per heavy atom. The maximum atomic E-state index is 12.6. The summed E-state index contributed by atoms with van der Waals surface area (Å²) in [6.45, 7) is 6.06. The Morgan fingerprint density at radius 2 is 2.00 bits per heavy atom. The minimum absolute atomic E-state index is 0.0265. The van der Waals surface area contributed by atoms with Crippen LogP contribution in [0.2, 0.25) is 0 Å². The molecule has 0 unspecified atom stereocenters. The van der Waals surface area contributed by atoms with Crippen LogP contribution in [0.1, 0.15) is 32.4 Å². The van der Waals surface area contributed by atoms with Gasteiger partial charge in [0.15, 0.2) is 5.76 Å². The molecule has 3 heterocycles. The molecule has 1 aliphatic carbocycles. The van der Waals surface area contributed by atoms with Crippen molar-refractivity contribution in [2.24, 2.45) is 0 Å². The van der Waals surface area contributed by atoms with E-state index in [0.29, 0.717) is 13.1 Å². The number of aromatic amines is 1. The van der Waals surface area contributed by atoms with E-state index in [9.17, 15) is 8.42 Å². The standard InChI is InChI=1S/C17H24N4O3S/c1-12-13(2)21(25(22,23)15-4-5-15)10-9-20(12)11-14-3-6-17(24-14)16-7-8-18-19-16/h3,6-8,12-13,15H,4-5,9-11H2,1-2H3,(H,18,19)/t12-,13-/m1/s1. The van der Waals surface area contributed by atoms with Gasteiger partial charge in [-0.25, -0.2) is 8.42 Å². The second-order valence-electron chi connectivity index (χ2n) is 7.04. The minimum atomic E-state index is -3.12. The van der Waals surface area contributed by atoms with E-state index in [0.717, 1.165) is 36.6 Å². The highest BCUT2D eigenvalue weighted by molar-refractivity contribution is 7.90. The number of nitrogens with zero attached hydrogens (tertiary/aromatic N) is 3. The molecule has 2 aliphatic rings. The maximum absolute atomic E-state index is 12.6. The molecule has 2 aromatic heterocycles. The summed E-state index contributed by atoms with van der Waals surface area (Å²) >= 11 is 0. The lowest BCUT2D eigenvalue weighted by atomic mass is 10.1. The molecule has 1 saturated carbocycles. The fraction of sp³-hybridized carbons (Fsp3) is 0.588. The van der Waals surface area contributed by atoms with Crippen LogP contribution in [0.5, 0.6) is 0 Å². The molecular formula is C17H24N4O3S. The molecule has 2 atom stereocenters. The first-order chi connectivity index (χ1) is 12.0. The van der Waals surface area contributed by atoms with Crippen LogP contribution in [-0.2, 0) is 16.6 Å². The van der Waals surface area contributed by atoms with E-state index < -0.39 is 10.0 Å². The number of H-pyrrole nitrogens is 1. The smallest absolute Gasteiger partial charge is 0.217 e. The van der Waals surface area contributed by atoms with Crippen molar-refractivity contribution in [3.8, 4) is 11.5 Å². The molecule has 0 bridgehead atoms. The van der Waals surface area contributed by atoms with Gasteiger partial charge >= 0.3 is 0 Å². The third-order valence-corrected chi connectivity index (χ3v) is 7.88. The summed E-state index contributed by atoms with van der Waals surface area (Å²) in [5.74, 6) is 1.64. The van der Waals surface area contributed by atoms with Gasteiger partial charge in [0.25, 0.3) is 0 Å². The average molecular weight is 364 g/mol. The van der Waals surface area contributed by atoms with Gasteiger partial charge in [0.05, 0.1) is 11.8 Å². The first kappa shape index (κ1) is 16.8. The van der Waals surface area contributed by atoms with Crippen LogP contribution in [0.3, 0.4) is 0 Å². The van der Waals surface area contributed by atoms with E-state index in [4.69, 9.17) is 4.42 Å². The van der Waals surface area contributed by atoms with Gasteiger partial charge in [-0.1, -0.05) is 0 Å². The summed E-state index contributed by atoms with van der Waals surface area (Å²) in [6.07, 6.45) is 3.32. The van der Waals surface area contributed by atoms with Crippen molar-refractivity contribution in [2.75, 3.05) is 13.1 Å². The van der Waals surface area contributed by atoms with E-state index in [1.807, 2.05) is 25.1 Å². The third-order valence-electron chi connectivity index (χ3n) is 5.40. The number of hydrogen-bond acceptors (Lipinski definition) is 5. The van der Waals surface area contributed by atoms with E-state index in [-0.39, 0.29) is 17.3 Å². The predicted molar refractivity (Wildman–Crippen MR) is 94.3 cm³/mol. The fourth-order valence-corrected chi connectivity index (χ4v) is 5.61. The van der Waals surface area contributed by atoms with Gasteiger partial charge in [-0.15, -0.1) is 0 Å². The van der Waals surface area contributed by atoms with Crippen molar-refractivity contribution in [1.82, 2.24) is 19.4 Å². The molecule has 7 nitrogen and oxygen atoms in total. The Labute approximate surface area is 148 Å². The van der Waals surface area contributed by atoms with E-state index in [1.165, 1.54) is 0 Å². The average Bonchev–Trinajstić information content (AvgIpc) is 3.12. The molecule has 1 N–H and O–H groups in total. The second kappa shape index (κ2) is 6.26. The van der Waals surface area contributed by atoms with Crippen LogP contribution in [-0.4, -0.2) is 58.2 Å². The molecule has 0 radical (unpaired) electrons. The predicted octanol–water partition coefficient (Wildman–Crippen LogP) is 2.06. The molecule has 8 heteroatoms. The largest absolute Gasteiger partial charge is 0.458 e. The lowest BCUT2D eigenvalue weighted by molar-refractivity contribution is 0.0730. The van der Waals surface area contributed by atoms with Crippen molar-refractivity contribution in [2.45, 2.75) is 50.6 Å². The third kappa shape index (κ3) is 3.14. The number of sulfonamides is 1. The molecule has 0 spiro atoms. The molecule has 25 heavy (non-hydrogen) atoms. The van der Waals surface area contributed by atoms with Gasteiger partial charge in [-0.3, -0.25) is 10.00 Å². The summed E-state index contributed by atoms with van der Waals surface area (Å²) in [7, 11) is -3.12. The van der Waals surface area contributed by atoms with E-state index >= 15 is 0 Å². The number of furan rings is 1. The second-order valence-corrected chi connectivity index (χ2v) is 9.21. The molecule has 136 valence electrons. The first-order valence-corrected chi connectivity index (χ1v) is 10.3. The highest BCUT2D eigenvalue weighted by atomic mass is 32.2. The first-order valence-electron chi connectivity index (χ1n) is 8.80. The lowest BCUT2D eigenvalue weighted by Crippen LogP contribution is -2.58. The summed E-state index contributed by atoms with van der Waals surface area (Å²) in [4.78, 5) is 2.29. The monoisotopic (exact) mass is 364 g/mol. The van der Waals surface area contributed by atoms with Gasteiger partial charge in [-0.2, -0.15) is 9.40 Å². The zero-order chi connectivity index (χ0) is 17.6. The molecule has 4 rings (SSSR count). The van der Waals surface area contributed by atoms with Gasteiger partial charge in [-0.05, 0) is 44.9 Å². The molecule has 2 fully saturated rings. The minimum Gasteiger partial charge on any atom is -0.458 e. The van der Waals surface area contributed by atoms with E-state index in [1.54, 1.807) is 10.5 Å². The molecule has 1 aliphatic heterocycles. The Kier molecular flexibility index (Phi) is 4.21. The Hall–Kier alpha value is -1.64. The number of piperazine rings is 1. The summed E-state index contributed by atoms with van der Waals surface area (Å²) in [5.41, 5.74) is 0.855. The van der Waals surface area contributed by atoms with Gasteiger partial charge in [0.2, 0.25) is 10.0 Å². The van der Waals surface area contributed by atoms with Crippen molar-refractivity contribution in [3.63, 3.8) is 0 Å². The molecular weight excluding hydrogens is 340 g/mol. The highest BCUT2D eigenvalue weighted by Crippen LogP contribution is 2.34. The van der Waals surface area contributed by atoms with Crippen molar-refractivity contribution in [3.05, 3.63) is 30.2 Å². The van der Waals surface area contributed by atoms with E-state index in [2.05, 4.69) is 22.0 Å². The number of rotatable bonds is 5. The summed E-state index contributed by atoms with van der Waals surface area (Å²) in [5, 5.41) is 6.69. The lowest BCUT2D eigenvalue weighted by Gasteiger charge is -2.43. The van der Waals surface area contributed by atoms with Gasteiger partial charge < -0.3 is 4.42 Å². The van der Waals surface area contributed by atoms with Crippen LogP contribution < -0.4 is 0 Å². The normalized spacial score (nSPS) is 26.2. The summed E-state index contributed by atoms with van der Waals surface area (Å²) < 4.78 is 32.8. The molecule has 0 aromatic carbocycles. The molecule has 1 saturated heterocycles. The Bertz CT molecular complexity index is 826. The van der Waals surface area contributed by atoms with Gasteiger partial charge in [0.1, 0.15) is 11.5 Å². The number of hydrogen-bond donors (Lipinski definition) is 1. The van der Waals surface area contributed by atoms with Gasteiger partial charge in [0, 0.05) is 31.4 Å². The van der Waals surface area contributed by atoms with Crippen molar-refractivity contribution < 1.29 is 12.8 Å². The fourth-order valence-electron chi connectivity index (χ4n) is 3.52. The van der Waals surface area contributed by atoms with Crippen LogP contribution in [0.25, 0.3) is 11.5 Å². The topological polar surface area (TPSA) is 82.4 Å². The number of aromatic nitrogens is 2. The maximum Gasteiger partial charge on any atom is 0.217 e.